The molecule has 0 saturated carbocycles. The minimum Gasteiger partial charge on any atom is -0.508 e. The van der Waals surface area contributed by atoms with Crippen molar-refractivity contribution in [2.75, 3.05) is 5.32 Å². The summed E-state index contributed by atoms with van der Waals surface area (Å²) in [6.45, 7) is 1.72. The van der Waals surface area contributed by atoms with E-state index in [0.717, 1.165) is 8.04 Å². The Morgan fingerprint density at radius 1 is 1.32 bits per heavy atom. The Labute approximate surface area is 133 Å². The normalized spacial score (nSPS) is 10.3. The summed E-state index contributed by atoms with van der Waals surface area (Å²) >= 11 is 5.58. The van der Waals surface area contributed by atoms with Crippen LogP contribution in [0.5, 0.6) is 5.75 Å². The van der Waals surface area contributed by atoms with E-state index in [9.17, 15) is 9.90 Å². The van der Waals surface area contributed by atoms with Gasteiger partial charge in [-0.25, -0.2) is 0 Å². The van der Waals surface area contributed by atoms with E-state index in [1.807, 2.05) is 18.2 Å². The highest BCUT2D eigenvalue weighted by Gasteiger charge is 2.12. The van der Waals surface area contributed by atoms with Crippen LogP contribution in [0, 0.1) is 10.5 Å². The molecular formula is C14H11BrINO2. The molecule has 2 rings (SSSR count). The summed E-state index contributed by atoms with van der Waals surface area (Å²) < 4.78 is 1.85. The molecular weight excluding hydrogens is 421 g/mol. The van der Waals surface area contributed by atoms with Crippen molar-refractivity contribution in [3.05, 3.63) is 55.6 Å². The molecule has 2 aromatic carbocycles. The SMILES string of the molecule is Cc1c(O)cccc1C(=O)Nc1cc(I)ccc1Br. The van der Waals surface area contributed by atoms with E-state index in [2.05, 4.69) is 43.8 Å². The number of anilines is 1. The second-order valence-electron chi connectivity index (χ2n) is 4.03. The van der Waals surface area contributed by atoms with E-state index in [1.54, 1.807) is 25.1 Å². The van der Waals surface area contributed by atoms with Gasteiger partial charge in [0.15, 0.2) is 0 Å². The standard InChI is InChI=1S/C14H11BrINO2/c1-8-10(3-2-4-13(8)18)14(19)17-12-7-9(16)5-6-11(12)15/h2-7,18H,1H3,(H,17,19). The fourth-order valence-corrected chi connectivity index (χ4v) is 2.49. The summed E-state index contributed by atoms with van der Waals surface area (Å²) in [5.74, 6) is -0.120. The molecule has 0 spiro atoms. The number of amides is 1. The van der Waals surface area contributed by atoms with E-state index in [0.29, 0.717) is 16.8 Å². The van der Waals surface area contributed by atoms with Crippen molar-refractivity contribution in [1.82, 2.24) is 0 Å². The third kappa shape index (κ3) is 3.27. The number of carbonyl (C=O) groups is 1. The van der Waals surface area contributed by atoms with Crippen molar-refractivity contribution in [2.45, 2.75) is 6.92 Å². The molecule has 0 atom stereocenters. The lowest BCUT2D eigenvalue weighted by Crippen LogP contribution is -2.13. The van der Waals surface area contributed by atoms with Gasteiger partial charge in [-0.1, -0.05) is 6.07 Å². The predicted molar refractivity (Wildman–Crippen MR) is 87.7 cm³/mol. The maximum atomic E-state index is 12.2. The molecule has 2 aromatic rings. The molecule has 1 amide bonds. The monoisotopic (exact) mass is 431 g/mol. The van der Waals surface area contributed by atoms with Crippen LogP contribution in [-0.4, -0.2) is 11.0 Å². The van der Waals surface area contributed by atoms with Crippen LogP contribution in [0.15, 0.2) is 40.9 Å². The van der Waals surface area contributed by atoms with Crippen LogP contribution in [-0.2, 0) is 0 Å². The molecule has 0 aliphatic heterocycles. The third-order valence-electron chi connectivity index (χ3n) is 2.73. The molecule has 98 valence electrons. The molecule has 0 heterocycles. The van der Waals surface area contributed by atoms with Gasteiger partial charge in [0.05, 0.1) is 5.69 Å². The van der Waals surface area contributed by atoms with Crippen molar-refractivity contribution >= 4 is 50.1 Å². The molecule has 19 heavy (non-hydrogen) atoms. The molecule has 2 N–H and O–H groups in total. The van der Waals surface area contributed by atoms with Gasteiger partial charge in [0.1, 0.15) is 5.75 Å². The lowest BCUT2D eigenvalue weighted by molar-refractivity contribution is 0.102. The second kappa shape index (κ2) is 5.92. The summed E-state index contributed by atoms with van der Waals surface area (Å²) in [4.78, 5) is 12.2. The second-order valence-corrected chi connectivity index (χ2v) is 6.13. The molecule has 3 nitrogen and oxygen atoms in total. The van der Waals surface area contributed by atoms with Gasteiger partial charge in [-0.05, 0) is 75.8 Å². The third-order valence-corrected chi connectivity index (χ3v) is 4.09. The first-order valence-electron chi connectivity index (χ1n) is 5.54. The Balaban J connectivity index is 2.31. The summed E-state index contributed by atoms with van der Waals surface area (Å²) in [7, 11) is 0. The number of aromatic hydroxyl groups is 1. The van der Waals surface area contributed by atoms with E-state index >= 15 is 0 Å². The number of halogens is 2. The average Bonchev–Trinajstić information content (AvgIpc) is 2.37. The number of hydrogen-bond donors (Lipinski definition) is 2. The molecule has 0 fully saturated rings. The van der Waals surface area contributed by atoms with Gasteiger partial charge in [-0.15, -0.1) is 0 Å². The van der Waals surface area contributed by atoms with Crippen LogP contribution in [0.4, 0.5) is 5.69 Å². The number of phenolic OH excluding ortho intramolecular Hbond substituents is 1. The first-order valence-corrected chi connectivity index (χ1v) is 7.41. The molecule has 0 aliphatic carbocycles. The summed E-state index contributed by atoms with van der Waals surface area (Å²) in [6.07, 6.45) is 0. The summed E-state index contributed by atoms with van der Waals surface area (Å²) in [5.41, 5.74) is 1.74. The maximum Gasteiger partial charge on any atom is 0.256 e. The smallest absolute Gasteiger partial charge is 0.256 e. The van der Waals surface area contributed by atoms with E-state index in [4.69, 9.17) is 0 Å². The van der Waals surface area contributed by atoms with Crippen LogP contribution in [0.25, 0.3) is 0 Å². The largest absolute Gasteiger partial charge is 0.508 e. The molecule has 0 bridgehead atoms. The lowest BCUT2D eigenvalue weighted by Gasteiger charge is -2.10. The Morgan fingerprint density at radius 2 is 2.05 bits per heavy atom. The highest BCUT2D eigenvalue weighted by Crippen LogP contribution is 2.26. The van der Waals surface area contributed by atoms with Crippen molar-refractivity contribution in [3.8, 4) is 5.75 Å². The van der Waals surface area contributed by atoms with Crippen molar-refractivity contribution in [1.29, 1.82) is 0 Å². The van der Waals surface area contributed by atoms with Gasteiger partial charge in [0, 0.05) is 19.2 Å². The Kier molecular flexibility index (Phi) is 4.46. The van der Waals surface area contributed by atoms with Crippen molar-refractivity contribution in [2.24, 2.45) is 0 Å². The van der Waals surface area contributed by atoms with Crippen LogP contribution >= 0.6 is 38.5 Å². The topological polar surface area (TPSA) is 49.3 Å². The fraction of sp³-hybridized carbons (Fsp3) is 0.0714. The molecule has 0 aliphatic rings. The molecule has 0 unspecified atom stereocenters. The van der Waals surface area contributed by atoms with Gasteiger partial charge in [0.25, 0.3) is 5.91 Å². The molecule has 0 saturated heterocycles. The average molecular weight is 432 g/mol. The minimum absolute atomic E-state index is 0.120. The zero-order chi connectivity index (χ0) is 14.0. The molecule has 0 radical (unpaired) electrons. The number of rotatable bonds is 2. The zero-order valence-corrected chi connectivity index (χ0v) is 13.8. The van der Waals surface area contributed by atoms with Crippen LogP contribution in [0.2, 0.25) is 0 Å². The number of nitrogens with one attached hydrogen (secondary N) is 1. The Bertz CT molecular complexity index is 643. The highest BCUT2D eigenvalue weighted by atomic mass is 127. The quantitative estimate of drug-likeness (QED) is 0.695. The van der Waals surface area contributed by atoms with Gasteiger partial charge in [-0.3, -0.25) is 4.79 Å². The maximum absolute atomic E-state index is 12.2. The number of phenols is 1. The van der Waals surface area contributed by atoms with Crippen LogP contribution in [0.3, 0.4) is 0 Å². The predicted octanol–water partition coefficient (Wildman–Crippen LogP) is 4.32. The first-order chi connectivity index (χ1) is 8.99. The first kappa shape index (κ1) is 14.3. The lowest BCUT2D eigenvalue weighted by atomic mass is 10.1. The highest BCUT2D eigenvalue weighted by molar-refractivity contribution is 14.1. The minimum atomic E-state index is -0.240. The van der Waals surface area contributed by atoms with Crippen LogP contribution in [0.1, 0.15) is 15.9 Å². The fourth-order valence-electron chi connectivity index (χ4n) is 1.65. The number of benzene rings is 2. The zero-order valence-electron chi connectivity index (χ0n) is 10.1. The van der Waals surface area contributed by atoms with Gasteiger partial charge in [-0.2, -0.15) is 0 Å². The summed E-state index contributed by atoms with van der Waals surface area (Å²) in [5, 5.41) is 12.5. The Hall–Kier alpha value is -1.08. The molecule has 5 heteroatoms. The van der Waals surface area contributed by atoms with E-state index < -0.39 is 0 Å². The van der Waals surface area contributed by atoms with E-state index in [-0.39, 0.29) is 11.7 Å². The number of carbonyl (C=O) groups excluding carboxylic acids is 1. The summed E-state index contributed by atoms with van der Waals surface area (Å²) in [6, 6.07) is 10.6. The van der Waals surface area contributed by atoms with E-state index in [1.165, 1.54) is 0 Å². The molecule has 0 aromatic heterocycles. The number of hydrogen-bond acceptors (Lipinski definition) is 2. The van der Waals surface area contributed by atoms with Crippen molar-refractivity contribution in [3.63, 3.8) is 0 Å². The van der Waals surface area contributed by atoms with Gasteiger partial charge >= 0.3 is 0 Å². The van der Waals surface area contributed by atoms with Gasteiger partial charge in [0.2, 0.25) is 0 Å². The van der Waals surface area contributed by atoms with Gasteiger partial charge < -0.3 is 10.4 Å². The Morgan fingerprint density at radius 3 is 2.79 bits per heavy atom. The van der Waals surface area contributed by atoms with Crippen molar-refractivity contribution < 1.29 is 9.90 Å². The van der Waals surface area contributed by atoms with Crippen LogP contribution < -0.4 is 5.32 Å².